The van der Waals surface area contributed by atoms with Crippen LogP contribution < -0.4 is 11.2 Å². The van der Waals surface area contributed by atoms with Gasteiger partial charge in [-0.3, -0.25) is 15.5 Å². The maximum Gasteiger partial charge on any atom is 0.354 e. The minimum absolute atomic E-state index is 0.0379. The lowest BCUT2D eigenvalue weighted by atomic mass is 10.0. The molecule has 0 atom stereocenters. The Kier molecular flexibility index (Phi) is 3.89. The van der Waals surface area contributed by atoms with Crippen LogP contribution in [0.5, 0.6) is 5.75 Å². The number of aromatic nitrogens is 2. The Morgan fingerprint density at radius 1 is 1.25 bits per heavy atom. The van der Waals surface area contributed by atoms with Crippen LogP contribution in [0.25, 0.3) is 10.8 Å². The third-order valence-corrected chi connectivity index (χ3v) is 3.34. The highest BCUT2D eigenvalue weighted by molar-refractivity contribution is 6.02. The van der Waals surface area contributed by atoms with Crippen molar-refractivity contribution in [2.45, 2.75) is 0 Å². The fraction of sp³-hybridized carbons (Fsp3) is 0. The van der Waals surface area contributed by atoms with Crippen molar-refractivity contribution in [1.29, 1.82) is 0 Å². The van der Waals surface area contributed by atoms with E-state index < -0.39 is 10.6 Å². The van der Waals surface area contributed by atoms with E-state index in [1.807, 2.05) is 24.3 Å². The van der Waals surface area contributed by atoms with Gasteiger partial charge in [0.25, 0.3) is 0 Å². The molecule has 4 N–H and O–H groups in total. The summed E-state index contributed by atoms with van der Waals surface area (Å²) in [7, 11) is 0. The van der Waals surface area contributed by atoms with Crippen molar-refractivity contribution < 1.29 is 10.0 Å². The average molecular weight is 324 g/mol. The molecule has 9 heteroatoms. The van der Waals surface area contributed by atoms with Crippen LogP contribution in [-0.4, -0.2) is 26.2 Å². The Morgan fingerprint density at radius 3 is 2.83 bits per heavy atom. The fourth-order valence-electron chi connectivity index (χ4n) is 2.23. The van der Waals surface area contributed by atoms with Gasteiger partial charge in [0.15, 0.2) is 0 Å². The van der Waals surface area contributed by atoms with Gasteiger partial charge in [-0.1, -0.05) is 30.3 Å². The summed E-state index contributed by atoms with van der Waals surface area (Å²) in [4.78, 5) is 17.7. The van der Waals surface area contributed by atoms with E-state index in [0.29, 0.717) is 5.56 Å². The summed E-state index contributed by atoms with van der Waals surface area (Å²) >= 11 is 0. The SMILES string of the molecule is Nc1ncnc(NN=Cc2c(O)ccc3ccccc23)c1[N+](=O)[O-]. The number of anilines is 2. The van der Waals surface area contributed by atoms with Gasteiger partial charge in [0.1, 0.15) is 12.1 Å². The number of benzene rings is 2. The first-order valence-corrected chi connectivity index (χ1v) is 6.82. The summed E-state index contributed by atoms with van der Waals surface area (Å²) in [6.45, 7) is 0. The van der Waals surface area contributed by atoms with Gasteiger partial charge in [-0.25, -0.2) is 9.97 Å². The number of fused-ring (bicyclic) bond motifs is 1. The van der Waals surface area contributed by atoms with Crippen LogP contribution in [-0.2, 0) is 0 Å². The third kappa shape index (κ3) is 2.77. The highest BCUT2D eigenvalue weighted by Gasteiger charge is 2.20. The lowest BCUT2D eigenvalue weighted by Gasteiger charge is -2.05. The molecule has 0 unspecified atom stereocenters. The number of rotatable bonds is 4. The van der Waals surface area contributed by atoms with Crippen LogP contribution in [0.2, 0.25) is 0 Å². The second-order valence-corrected chi connectivity index (χ2v) is 4.80. The summed E-state index contributed by atoms with van der Waals surface area (Å²) in [6.07, 6.45) is 2.45. The standard InChI is InChI=1S/C15H12N6O3/c16-14-13(21(23)24)15(18-8-17-14)20-19-7-11-10-4-2-1-3-9(10)5-6-12(11)22/h1-8,22H,(H3,16,17,18,20). The zero-order valence-corrected chi connectivity index (χ0v) is 12.2. The van der Waals surface area contributed by atoms with E-state index in [1.54, 1.807) is 12.1 Å². The zero-order chi connectivity index (χ0) is 17.1. The van der Waals surface area contributed by atoms with E-state index in [-0.39, 0.29) is 17.4 Å². The maximum absolute atomic E-state index is 11.0. The lowest BCUT2D eigenvalue weighted by molar-refractivity contribution is -0.383. The summed E-state index contributed by atoms with van der Waals surface area (Å²) in [5.41, 5.74) is 7.96. The van der Waals surface area contributed by atoms with Crippen molar-refractivity contribution >= 4 is 34.3 Å². The minimum atomic E-state index is -0.692. The van der Waals surface area contributed by atoms with Crippen molar-refractivity contribution in [3.63, 3.8) is 0 Å². The number of phenols is 1. The summed E-state index contributed by atoms with van der Waals surface area (Å²) in [5.74, 6) is -0.361. The first-order valence-electron chi connectivity index (χ1n) is 6.82. The van der Waals surface area contributed by atoms with E-state index in [0.717, 1.165) is 17.1 Å². The molecule has 2 aromatic carbocycles. The Labute approximate surface area is 135 Å². The van der Waals surface area contributed by atoms with Gasteiger partial charge in [0.05, 0.1) is 11.1 Å². The first kappa shape index (κ1) is 15.2. The van der Waals surface area contributed by atoms with Crippen LogP contribution in [0.4, 0.5) is 17.3 Å². The minimum Gasteiger partial charge on any atom is -0.507 e. The van der Waals surface area contributed by atoms with E-state index >= 15 is 0 Å². The van der Waals surface area contributed by atoms with Crippen molar-refractivity contribution in [2.24, 2.45) is 5.10 Å². The lowest BCUT2D eigenvalue weighted by Crippen LogP contribution is -2.04. The van der Waals surface area contributed by atoms with Gasteiger partial charge in [0, 0.05) is 5.56 Å². The molecule has 0 aliphatic heterocycles. The maximum atomic E-state index is 11.0. The van der Waals surface area contributed by atoms with Gasteiger partial charge in [0.2, 0.25) is 11.6 Å². The number of hydrogen-bond acceptors (Lipinski definition) is 8. The summed E-state index contributed by atoms with van der Waals surface area (Å²) in [6, 6.07) is 10.8. The largest absolute Gasteiger partial charge is 0.507 e. The number of hydrazone groups is 1. The Balaban J connectivity index is 1.95. The monoisotopic (exact) mass is 324 g/mol. The molecule has 0 saturated carbocycles. The Hall–Kier alpha value is -3.75. The van der Waals surface area contributed by atoms with Crippen LogP contribution in [0, 0.1) is 10.1 Å². The van der Waals surface area contributed by atoms with Gasteiger partial charge in [-0.2, -0.15) is 5.10 Å². The second kappa shape index (κ2) is 6.16. The quantitative estimate of drug-likeness (QED) is 0.380. The molecule has 3 rings (SSSR count). The number of nitrogen functional groups attached to an aromatic ring is 1. The number of phenolic OH excluding ortho intramolecular Hbond substituents is 1. The highest BCUT2D eigenvalue weighted by Crippen LogP contribution is 2.27. The predicted molar refractivity (Wildman–Crippen MR) is 89.9 cm³/mol. The smallest absolute Gasteiger partial charge is 0.354 e. The molecule has 120 valence electrons. The first-order chi connectivity index (χ1) is 11.6. The number of nitrogens with zero attached hydrogens (tertiary/aromatic N) is 4. The number of nitro groups is 1. The molecule has 3 aromatic rings. The van der Waals surface area contributed by atoms with Crippen molar-refractivity contribution in [3.8, 4) is 5.75 Å². The van der Waals surface area contributed by atoms with E-state index in [1.165, 1.54) is 6.21 Å². The number of hydrogen-bond donors (Lipinski definition) is 3. The molecule has 24 heavy (non-hydrogen) atoms. The average Bonchev–Trinajstić information content (AvgIpc) is 2.56. The van der Waals surface area contributed by atoms with Crippen LogP contribution in [0.3, 0.4) is 0 Å². The zero-order valence-electron chi connectivity index (χ0n) is 12.2. The van der Waals surface area contributed by atoms with E-state index in [2.05, 4.69) is 20.5 Å². The van der Waals surface area contributed by atoms with Crippen molar-refractivity contribution in [2.75, 3.05) is 11.2 Å². The highest BCUT2D eigenvalue weighted by atomic mass is 16.6. The van der Waals surface area contributed by atoms with Crippen molar-refractivity contribution in [3.05, 3.63) is 58.4 Å². The molecule has 0 amide bonds. The molecule has 0 radical (unpaired) electrons. The molecular formula is C15H12N6O3. The molecule has 0 saturated heterocycles. The normalized spacial score (nSPS) is 11.0. The Bertz CT molecular complexity index is 957. The second-order valence-electron chi connectivity index (χ2n) is 4.80. The molecule has 1 aromatic heterocycles. The molecule has 0 aliphatic carbocycles. The van der Waals surface area contributed by atoms with Gasteiger partial charge < -0.3 is 10.8 Å². The molecular weight excluding hydrogens is 312 g/mol. The van der Waals surface area contributed by atoms with Gasteiger partial charge in [-0.05, 0) is 16.8 Å². The number of nitrogens with one attached hydrogen (secondary N) is 1. The molecule has 0 bridgehead atoms. The molecule has 0 spiro atoms. The van der Waals surface area contributed by atoms with E-state index in [9.17, 15) is 15.2 Å². The van der Waals surface area contributed by atoms with E-state index in [4.69, 9.17) is 5.73 Å². The van der Waals surface area contributed by atoms with Crippen LogP contribution in [0.1, 0.15) is 5.56 Å². The summed E-state index contributed by atoms with van der Waals surface area (Å²) in [5, 5.41) is 26.7. The fourth-order valence-corrected chi connectivity index (χ4v) is 2.23. The molecule has 9 nitrogen and oxygen atoms in total. The predicted octanol–water partition coefficient (Wildman–Crippen LogP) is 2.27. The van der Waals surface area contributed by atoms with Gasteiger partial charge in [-0.15, -0.1) is 0 Å². The van der Waals surface area contributed by atoms with Crippen molar-refractivity contribution in [1.82, 2.24) is 9.97 Å². The molecule has 0 fully saturated rings. The number of aromatic hydroxyl groups is 1. The number of nitrogens with two attached hydrogens (primary N) is 1. The Morgan fingerprint density at radius 2 is 2.04 bits per heavy atom. The van der Waals surface area contributed by atoms with Crippen LogP contribution >= 0.6 is 0 Å². The summed E-state index contributed by atoms with van der Waals surface area (Å²) < 4.78 is 0. The third-order valence-electron chi connectivity index (χ3n) is 3.34. The molecule has 1 heterocycles. The van der Waals surface area contributed by atoms with Gasteiger partial charge >= 0.3 is 5.69 Å². The molecule has 0 aliphatic rings. The topological polar surface area (TPSA) is 140 Å². The van der Waals surface area contributed by atoms with Crippen LogP contribution in [0.15, 0.2) is 47.8 Å².